The van der Waals surface area contributed by atoms with Gasteiger partial charge in [-0.1, -0.05) is 0 Å². The third kappa shape index (κ3) is 3.26. The summed E-state index contributed by atoms with van der Waals surface area (Å²) < 4.78 is 26.8. The number of hydrogen-bond donors (Lipinski definition) is 1. The monoisotopic (exact) mass is 328 g/mol. The summed E-state index contributed by atoms with van der Waals surface area (Å²) in [5.74, 6) is 0. The van der Waals surface area contributed by atoms with Crippen LogP contribution in [0.25, 0.3) is 0 Å². The van der Waals surface area contributed by atoms with Gasteiger partial charge in [0.2, 0.25) is 10.0 Å². The van der Waals surface area contributed by atoms with Crippen molar-refractivity contribution < 1.29 is 13.5 Å². The van der Waals surface area contributed by atoms with E-state index >= 15 is 0 Å². The number of sulfonamides is 1. The molecule has 0 bridgehead atoms. The van der Waals surface area contributed by atoms with E-state index in [2.05, 4.69) is 9.97 Å². The van der Waals surface area contributed by atoms with Crippen LogP contribution in [0, 0.1) is 0 Å². The lowest BCUT2D eigenvalue weighted by atomic mass is 10.5. The Morgan fingerprint density at radius 1 is 1.29 bits per heavy atom. The molecule has 0 spiro atoms. The molecule has 0 aliphatic rings. The van der Waals surface area contributed by atoms with Gasteiger partial charge in [-0.25, -0.2) is 22.7 Å². The summed E-state index contributed by atoms with van der Waals surface area (Å²) in [4.78, 5) is 8.47. The lowest BCUT2D eigenvalue weighted by Gasteiger charge is -2.11. The van der Waals surface area contributed by atoms with Gasteiger partial charge in [0.1, 0.15) is 9.92 Å². The molecule has 2 heterocycles. The summed E-state index contributed by atoms with van der Waals surface area (Å²) in [5.41, 5.74) is 0.698. The minimum absolute atomic E-state index is 0.0858. The number of aromatic nitrogens is 3. The molecule has 0 radical (unpaired) electrons. The number of rotatable bonds is 5. The molecule has 2 rings (SSSR count). The number of imidazole rings is 1. The van der Waals surface area contributed by atoms with Crippen LogP contribution in [-0.4, -0.2) is 46.5 Å². The first kappa shape index (κ1) is 16.0. The Morgan fingerprint density at radius 3 is 2.48 bits per heavy atom. The van der Waals surface area contributed by atoms with Crippen molar-refractivity contribution >= 4 is 21.8 Å². The van der Waals surface area contributed by atoms with Crippen LogP contribution in [0.15, 0.2) is 39.6 Å². The molecule has 114 valence electrons. The van der Waals surface area contributed by atoms with Crippen molar-refractivity contribution in [3.63, 3.8) is 0 Å². The molecule has 2 aromatic heterocycles. The van der Waals surface area contributed by atoms with Crippen molar-refractivity contribution in [3.8, 4) is 0 Å². The first-order chi connectivity index (χ1) is 9.86. The number of nitrogens with zero attached hydrogens (tertiary/aromatic N) is 4. The molecule has 0 aliphatic heterocycles. The van der Waals surface area contributed by atoms with E-state index in [0.29, 0.717) is 15.9 Å². The first-order valence-corrected chi connectivity index (χ1v) is 8.30. The summed E-state index contributed by atoms with van der Waals surface area (Å²) in [6.45, 7) is -0.0858. The van der Waals surface area contributed by atoms with Crippen LogP contribution < -0.4 is 0 Å². The van der Waals surface area contributed by atoms with Crippen LogP contribution in [-0.2, 0) is 23.7 Å². The van der Waals surface area contributed by atoms with Crippen molar-refractivity contribution in [3.05, 3.63) is 30.2 Å². The third-order valence-corrected chi connectivity index (χ3v) is 5.70. The number of aliphatic hydroxyl groups is 1. The molecular formula is C12H16N4O3S2. The Morgan fingerprint density at radius 2 is 2.00 bits per heavy atom. The van der Waals surface area contributed by atoms with Crippen LogP contribution in [0.5, 0.6) is 0 Å². The smallest absolute Gasteiger partial charge is 0.244 e. The Labute approximate surface area is 127 Å². The van der Waals surface area contributed by atoms with Crippen molar-refractivity contribution in [2.24, 2.45) is 7.05 Å². The SMILES string of the molecule is CN(C)S(=O)(=O)c1ccc(Sc2ncc(CO)n2C)nc1. The predicted octanol–water partition coefficient (Wildman–Crippen LogP) is 0.709. The van der Waals surface area contributed by atoms with Crippen molar-refractivity contribution in [2.75, 3.05) is 14.1 Å². The third-order valence-electron chi connectivity index (χ3n) is 2.89. The van der Waals surface area contributed by atoms with E-state index in [0.717, 1.165) is 4.31 Å². The fourth-order valence-electron chi connectivity index (χ4n) is 1.55. The summed E-state index contributed by atoms with van der Waals surface area (Å²) in [6.07, 6.45) is 2.92. The van der Waals surface area contributed by atoms with E-state index in [4.69, 9.17) is 5.11 Å². The molecular weight excluding hydrogens is 312 g/mol. The maximum Gasteiger partial charge on any atom is 0.244 e. The standard InChI is InChI=1S/C12H16N4O3S2/c1-15(2)21(18,19)10-4-5-11(13-7-10)20-12-14-6-9(8-17)16(12)3/h4-7,17H,8H2,1-3H3. The van der Waals surface area contributed by atoms with Gasteiger partial charge in [-0.2, -0.15) is 0 Å². The van der Waals surface area contributed by atoms with Crippen LogP contribution in [0.2, 0.25) is 0 Å². The van der Waals surface area contributed by atoms with Crippen molar-refractivity contribution in [2.45, 2.75) is 21.7 Å². The number of aliphatic hydroxyl groups excluding tert-OH is 1. The molecule has 2 aromatic rings. The summed E-state index contributed by atoms with van der Waals surface area (Å²) in [7, 11) is 1.28. The van der Waals surface area contributed by atoms with Gasteiger partial charge in [0.05, 0.1) is 18.5 Å². The largest absolute Gasteiger partial charge is 0.390 e. The highest BCUT2D eigenvalue weighted by atomic mass is 32.2. The maximum absolute atomic E-state index is 11.9. The van der Waals surface area contributed by atoms with E-state index in [1.54, 1.807) is 23.9 Å². The molecule has 0 amide bonds. The molecule has 1 N–H and O–H groups in total. The summed E-state index contributed by atoms with van der Waals surface area (Å²) in [6, 6.07) is 3.15. The predicted molar refractivity (Wildman–Crippen MR) is 78.4 cm³/mol. The maximum atomic E-state index is 11.9. The zero-order valence-electron chi connectivity index (χ0n) is 11.9. The number of pyridine rings is 1. The van der Waals surface area contributed by atoms with E-state index < -0.39 is 10.0 Å². The second-order valence-corrected chi connectivity index (χ2v) is 7.61. The van der Waals surface area contributed by atoms with Crippen LogP contribution in [0.4, 0.5) is 0 Å². The van der Waals surface area contributed by atoms with Gasteiger partial charge in [0, 0.05) is 27.3 Å². The minimum Gasteiger partial charge on any atom is -0.390 e. The van der Waals surface area contributed by atoms with Crippen LogP contribution in [0.1, 0.15) is 5.69 Å². The van der Waals surface area contributed by atoms with Gasteiger partial charge >= 0.3 is 0 Å². The normalized spacial score (nSPS) is 12.0. The Bertz CT molecular complexity index is 723. The fraction of sp³-hybridized carbons (Fsp3) is 0.333. The Hall–Kier alpha value is -1.42. The second kappa shape index (κ2) is 6.14. The van der Waals surface area contributed by atoms with E-state index in [1.165, 1.54) is 38.1 Å². The Kier molecular flexibility index (Phi) is 4.67. The highest BCUT2D eigenvalue weighted by molar-refractivity contribution is 7.99. The lowest BCUT2D eigenvalue weighted by molar-refractivity contribution is 0.271. The average Bonchev–Trinajstić information content (AvgIpc) is 2.80. The molecule has 0 atom stereocenters. The average molecular weight is 328 g/mol. The van der Waals surface area contributed by atoms with E-state index in [1.807, 2.05) is 0 Å². The van der Waals surface area contributed by atoms with E-state index in [9.17, 15) is 8.42 Å². The summed E-state index contributed by atoms with van der Waals surface area (Å²) in [5, 5.41) is 10.4. The molecule has 0 saturated carbocycles. The van der Waals surface area contributed by atoms with Gasteiger partial charge in [-0.3, -0.25) is 0 Å². The second-order valence-electron chi connectivity index (χ2n) is 4.47. The molecule has 0 fully saturated rings. The van der Waals surface area contributed by atoms with Crippen molar-refractivity contribution in [1.82, 2.24) is 18.8 Å². The highest BCUT2D eigenvalue weighted by Crippen LogP contribution is 2.26. The van der Waals surface area contributed by atoms with Crippen LogP contribution in [0.3, 0.4) is 0 Å². The molecule has 0 unspecified atom stereocenters. The lowest BCUT2D eigenvalue weighted by Crippen LogP contribution is -2.22. The van der Waals surface area contributed by atoms with Crippen LogP contribution >= 0.6 is 11.8 Å². The van der Waals surface area contributed by atoms with Gasteiger partial charge in [-0.05, 0) is 23.9 Å². The minimum atomic E-state index is -3.47. The molecule has 21 heavy (non-hydrogen) atoms. The molecule has 7 nitrogen and oxygen atoms in total. The summed E-state index contributed by atoms with van der Waals surface area (Å²) >= 11 is 1.30. The topological polar surface area (TPSA) is 88.3 Å². The molecule has 9 heteroatoms. The van der Waals surface area contributed by atoms with Gasteiger partial charge in [0.25, 0.3) is 0 Å². The quantitative estimate of drug-likeness (QED) is 0.869. The van der Waals surface area contributed by atoms with Gasteiger partial charge in [-0.15, -0.1) is 0 Å². The molecule has 0 aliphatic carbocycles. The van der Waals surface area contributed by atoms with Gasteiger partial charge < -0.3 is 9.67 Å². The Balaban J connectivity index is 2.22. The highest BCUT2D eigenvalue weighted by Gasteiger charge is 2.17. The number of hydrogen-bond acceptors (Lipinski definition) is 6. The molecule has 0 saturated heterocycles. The first-order valence-electron chi connectivity index (χ1n) is 6.04. The van der Waals surface area contributed by atoms with Gasteiger partial charge in [0.15, 0.2) is 5.16 Å². The van der Waals surface area contributed by atoms with Crippen molar-refractivity contribution in [1.29, 1.82) is 0 Å². The molecule has 0 aromatic carbocycles. The fourth-order valence-corrected chi connectivity index (χ4v) is 3.19. The zero-order chi connectivity index (χ0) is 15.6. The van der Waals surface area contributed by atoms with E-state index in [-0.39, 0.29) is 11.5 Å². The zero-order valence-corrected chi connectivity index (χ0v) is 13.5.